The van der Waals surface area contributed by atoms with Crippen LogP contribution in [0.5, 0.6) is 11.5 Å². The molecule has 3 aliphatic rings. The number of carboxylic acid groups (broad SMARTS) is 1. The summed E-state index contributed by atoms with van der Waals surface area (Å²) < 4.78 is 91.6. The normalized spacial score (nSPS) is 22.0. The number of hydrogen-bond donors (Lipinski definition) is 1. The molecule has 1 saturated carbocycles. The molecule has 206 valence electrons. The number of nitrogens with zero attached hydrogens (tertiary/aromatic N) is 1. The molecule has 5 rings (SSSR count). The van der Waals surface area contributed by atoms with Crippen LogP contribution in [0.25, 0.3) is 0 Å². The highest BCUT2D eigenvalue weighted by Gasteiger charge is 2.42. The van der Waals surface area contributed by atoms with Gasteiger partial charge in [-0.3, -0.25) is 9.69 Å². The molecular formula is C27H27F6NO4. The van der Waals surface area contributed by atoms with Crippen LogP contribution < -0.4 is 9.47 Å². The number of likely N-dealkylation sites (tertiary alicyclic amines) is 1. The molecule has 2 fully saturated rings. The van der Waals surface area contributed by atoms with E-state index in [-0.39, 0.29) is 31.1 Å². The Morgan fingerprint density at radius 2 is 1.74 bits per heavy atom. The second-order valence-electron chi connectivity index (χ2n) is 10.5. The number of hydrogen-bond acceptors (Lipinski definition) is 4. The summed E-state index contributed by atoms with van der Waals surface area (Å²) in [7, 11) is 0. The van der Waals surface area contributed by atoms with Gasteiger partial charge in [0.2, 0.25) is 0 Å². The quantitative estimate of drug-likeness (QED) is 0.421. The first-order valence-electron chi connectivity index (χ1n) is 12.5. The van der Waals surface area contributed by atoms with E-state index >= 15 is 0 Å². The zero-order valence-electron chi connectivity index (χ0n) is 20.5. The summed E-state index contributed by atoms with van der Waals surface area (Å²) in [5, 5.41) is 9.55. The minimum absolute atomic E-state index is 0.0795. The van der Waals surface area contributed by atoms with E-state index in [1.54, 1.807) is 17.9 Å². The third-order valence-electron chi connectivity index (χ3n) is 7.74. The van der Waals surface area contributed by atoms with Crippen LogP contribution >= 0.6 is 0 Å². The summed E-state index contributed by atoms with van der Waals surface area (Å²) in [6.45, 7) is 2.36. The number of carbonyl (C=O) groups is 1. The summed E-state index contributed by atoms with van der Waals surface area (Å²) >= 11 is 0. The third kappa shape index (κ3) is 5.43. The van der Waals surface area contributed by atoms with Gasteiger partial charge in [0.15, 0.2) is 11.5 Å². The first-order valence-corrected chi connectivity index (χ1v) is 12.5. The molecule has 1 saturated heterocycles. The molecule has 0 amide bonds. The summed E-state index contributed by atoms with van der Waals surface area (Å²) in [6, 6.07) is 6.96. The molecule has 0 bridgehead atoms. The second kappa shape index (κ2) is 9.66. The first-order chi connectivity index (χ1) is 17.8. The van der Waals surface area contributed by atoms with Crippen molar-refractivity contribution in [1.29, 1.82) is 0 Å². The Hall–Kier alpha value is -2.95. The number of ether oxygens (including phenoxy) is 2. The molecule has 2 aromatic carbocycles. The number of aliphatic carboxylic acids is 1. The highest BCUT2D eigenvalue weighted by atomic mass is 19.4. The Morgan fingerprint density at radius 1 is 1.03 bits per heavy atom. The second-order valence-corrected chi connectivity index (χ2v) is 10.5. The largest absolute Gasteiger partial charge is 0.486 e. The summed E-state index contributed by atoms with van der Waals surface area (Å²) in [4.78, 5) is 13.3. The van der Waals surface area contributed by atoms with Crippen molar-refractivity contribution in [2.24, 2.45) is 17.8 Å². The van der Waals surface area contributed by atoms with E-state index in [0.717, 1.165) is 18.4 Å². The minimum Gasteiger partial charge on any atom is -0.486 e. The molecule has 2 aromatic rings. The Labute approximate surface area is 215 Å². The summed E-state index contributed by atoms with van der Waals surface area (Å²) in [5.41, 5.74) is -1.74. The van der Waals surface area contributed by atoms with Crippen molar-refractivity contribution in [2.45, 2.75) is 50.7 Å². The predicted octanol–water partition coefficient (Wildman–Crippen LogP) is 6.21. The molecule has 0 radical (unpaired) electrons. The molecule has 2 aliphatic heterocycles. The van der Waals surface area contributed by atoms with E-state index in [1.807, 2.05) is 12.1 Å². The van der Waals surface area contributed by atoms with Crippen LogP contribution in [0.15, 0.2) is 36.4 Å². The van der Waals surface area contributed by atoms with E-state index in [4.69, 9.17) is 9.47 Å². The lowest BCUT2D eigenvalue weighted by molar-refractivity contribution is -0.142. The topological polar surface area (TPSA) is 59.0 Å². The Kier molecular flexibility index (Phi) is 6.77. The van der Waals surface area contributed by atoms with Crippen LogP contribution in [0.1, 0.15) is 47.9 Å². The molecule has 1 unspecified atom stereocenters. The van der Waals surface area contributed by atoms with Crippen molar-refractivity contribution >= 4 is 5.97 Å². The molecule has 1 aliphatic carbocycles. The first kappa shape index (κ1) is 26.6. The lowest BCUT2D eigenvalue weighted by Crippen LogP contribution is -2.55. The zero-order chi connectivity index (χ0) is 27.4. The van der Waals surface area contributed by atoms with Crippen molar-refractivity contribution in [3.05, 3.63) is 58.7 Å². The Balaban J connectivity index is 1.26. The molecule has 38 heavy (non-hydrogen) atoms. The maximum atomic E-state index is 13.4. The predicted molar refractivity (Wildman–Crippen MR) is 124 cm³/mol. The SMILES string of the molecule is C[C@H](C(=O)O)C(c1ccc2c(c1)O[C@@H](C1CN(Cc3cc(C(F)(F)F)ccc3C(F)(F)F)C1)CO2)C1CC1. The molecule has 3 atom stereocenters. The average molecular weight is 544 g/mol. The van der Waals surface area contributed by atoms with Gasteiger partial charge in [0.1, 0.15) is 12.7 Å². The van der Waals surface area contributed by atoms with Gasteiger partial charge in [-0.1, -0.05) is 13.0 Å². The zero-order valence-corrected chi connectivity index (χ0v) is 20.5. The fourth-order valence-corrected chi connectivity index (χ4v) is 5.52. The maximum absolute atomic E-state index is 13.4. The number of halogens is 6. The molecule has 0 spiro atoms. The summed E-state index contributed by atoms with van der Waals surface area (Å²) in [6.07, 6.45) is -7.94. The van der Waals surface area contributed by atoms with Gasteiger partial charge in [-0.15, -0.1) is 0 Å². The van der Waals surface area contributed by atoms with Gasteiger partial charge in [0.25, 0.3) is 0 Å². The lowest BCUT2D eigenvalue weighted by atomic mass is 9.83. The van der Waals surface area contributed by atoms with E-state index in [2.05, 4.69) is 0 Å². The van der Waals surface area contributed by atoms with Gasteiger partial charge in [0, 0.05) is 25.6 Å². The van der Waals surface area contributed by atoms with Crippen molar-refractivity contribution < 1.29 is 45.7 Å². The molecular weight excluding hydrogens is 516 g/mol. The lowest BCUT2D eigenvalue weighted by Gasteiger charge is -2.44. The van der Waals surface area contributed by atoms with E-state index < -0.39 is 40.9 Å². The smallest absolute Gasteiger partial charge is 0.416 e. The molecule has 5 nitrogen and oxygen atoms in total. The van der Waals surface area contributed by atoms with Crippen LogP contribution in [-0.4, -0.2) is 41.8 Å². The van der Waals surface area contributed by atoms with E-state index in [0.29, 0.717) is 48.7 Å². The van der Waals surface area contributed by atoms with Gasteiger partial charge in [-0.2, -0.15) is 26.3 Å². The minimum atomic E-state index is -4.76. The van der Waals surface area contributed by atoms with E-state index in [9.17, 15) is 36.2 Å². The fraction of sp³-hybridized carbons (Fsp3) is 0.519. The van der Waals surface area contributed by atoms with Crippen LogP contribution in [0.4, 0.5) is 26.3 Å². The van der Waals surface area contributed by atoms with Gasteiger partial charge in [-0.25, -0.2) is 0 Å². The van der Waals surface area contributed by atoms with Crippen molar-refractivity contribution in [2.75, 3.05) is 19.7 Å². The number of alkyl halides is 6. The molecule has 2 heterocycles. The third-order valence-corrected chi connectivity index (χ3v) is 7.74. The standard InChI is InChI=1S/C27H27F6NO4/c1-14(25(35)36)24(15-2-3-15)16-4-7-21-22(9-16)38-23(13-37-21)18-11-34(12-18)10-17-8-19(26(28,29)30)5-6-20(17)27(31,32)33/h4-9,14-15,18,23-24H,2-3,10-13H2,1H3,(H,35,36)/t14-,23+,24?/m0/s1. The Morgan fingerprint density at radius 3 is 2.34 bits per heavy atom. The number of benzene rings is 2. The number of carboxylic acids is 1. The van der Waals surface area contributed by atoms with Gasteiger partial charge in [0.05, 0.1) is 17.0 Å². The van der Waals surface area contributed by atoms with Crippen molar-refractivity contribution in [1.82, 2.24) is 4.90 Å². The number of fused-ring (bicyclic) bond motifs is 1. The van der Waals surface area contributed by atoms with Crippen molar-refractivity contribution in [3.8, 4) is 11.5 Å². The molecule has 0 aromatic heterocycles. The van der Waals surface area contributed by atoms with Gasteiger partial charge >= 0.3 is 18.3 Å². The van der Waals surface area contributed by atoms with Crippen LogP contribution in [0.3, 0.4) is 0 Å². The van der Waals surface area contributed by atoms with Crippen molar-refractivity contribution in [3.63, 3.8) is 0 Å². The molecule has 1 N–H and O–H groups in total. The van der Waals surface area contributed by atoms with E-state index in [1.165, 1.54) is 0 Å². The maximum Gasteiger partial charge on any atom is 0.416 e. The Bertz CT molecular complexity index is 1200. The highest BCUT2D eigenvalue weighted by molar-refractivity contribution is 5.71. The van der Waals surface area contributed by atoms with Gasteiger partial charge < -0.3 is 14.6 Å². The summed E-state index contributed by atoms with van der Waals surface area (Å²) in [5.74, 6) is -0.301. The van der Waals surface area contributed by atoms with Crippen LogP contribution in [0, 0.1) is 17.8 Å². The average Bonchev–Trinajstić information content (AvgIpc) is 3.64. The number of rotatable bonds is 7. The highest BCUT2D eigenvalue weighted by Crippen LogP contribution is 2.49. The molecule has 11 heteroatoms. The monoisotopic (exact) mass is 543 g/mol. The van der Waals surface area contributed by atoms with Crippen LogP contribution in [-0.2, 0) is 23.7 Å². The fourth-order valence-electron chi connectivity index (χ4n) is 5.52. The van der Waals surface area contributed by atoms with Crippen LogP contribution in [0.2, 0.25) is 0 Å². The van der Waals surface area contributed by atoms with Gasteiger partial charge in [-0.05, 0) is 66.1 Å².